The first-order valence-corrected chi connectivity index (χ1v) is 9.74. The molecule has 26 heavy (non-hydrogen) atoms. The molecule has 0 radical (unpaired) electrons. The zero-order chi connectivity index (χ0) is 18.0. The first kappa shape index (κ1) is 17.6. The quantitative estimate of drug-likeness (QED) is 0.896. The predicted octanol–water partition coefficient (Wildman–Crippen LogP) is 3.07. The van der Waals surface area contributed by atoms with Gasteiger partial charge in [-0.05, 0) is 43.0 Å². The summed E-state index contributed by atoms with van der Waals surface area (Å²) >= 11 is 0. The molecule has 4 rings (SSSR count). The van der Waals surface area contributed by atoms with Gasteiger partial charge in [-0.3, -0.25) is 9.58 Å². The van der Waals surface area contributed by atoms with Gasteiger partial charge in [0.1, 0.15) is 5.75 Å². The van der Waals surface area contributed by atoms with Crippen LogP contribution in [0.25, 0.3) is 0 Å². The van der Waals surface area contributed by atoms with Crippen LogP contribution in [0.15, 0.2) is 36.7 Å². The molecular formula is C21H29N3O2. The molecule has 2 heterocycles. The van der Waals surface area contributed by atoms with Crippen LogP contribution in [-0.4, -0.2) is 45.6 Å². The molecule has 2 atom stereocenters. The Morgan fingerprint density at radius 1 is 1.27 bits per heavy atom. The Morgan fingerprint density at radius 2 is 2.19 bits per heavy atom. The molecule has 0 unspecified atom stereocenters. The van der Waals surface area contributed by atoms with Crippen LogP contribution in [0.5, 0.6) is 5.75 Å². The Bertz CT molecular complexity index is 731. The number of aromatic nitrogens is 2. The standard InChI is InChI=1S/C21H29N3O2/c1-26-20-7-6-17(13-18(20)15-24-11-4-10-22-24)14-23-12-9-21(25)8-3-2-5-19(21)16-23/h4,6-7,10-11,13,19,25H,2-3,5,8-9,12,14-16H2,1H3/t19-,21-/m0/s1. The van der Waals surface area contributed by atoms with E-state index < -0.39 is 5.60 Å². The number of methoxy groups -OCH3 is 1. The number of ether oxygens (including phenoxy) is 1. The van der Waals surface area contributed by atoms with E-state index in [4.69, 9.17) is 4.74 Å². The van der Waals surface area contributed by atoms with Crippen molar-refractivity contribution < 1.29 is 9.84 Å². The van der Waals surface area contributed by atoms with E-state index in [9.17, 15) is 5.11 Å². The van der Waals surface area contributed by atoms with Gasteiger partial charge in [0.2, 0.25) is 0 Å². The number of rotatable bonds is 5. The third kappa shape index (κ3) is 3.64. The minimum Gasteiger partial charge on any atom is -0.496 e. The van der Waals surface area contributed by atoms with Gasteiger partial charge in [-0.1, -0.05) is 18.9 Å². The second-order valence-corrected chi connectivity index (χ2v) is 7.88. The number of benzene rings is 1. The number of likely N-dealkylation sites (tertiary alicyclic amines) is 1. The molecule has 1 saturated heterocycles. The normalized spacial score (nSPS) is 26.5. The highest BCUT2D eigenvalue weighted by Gasteiger charge is 2.42. The van der Waals surface area contributed by atoms with E-state index in [1.807, 2.05) is 16.9 Å². The van der Waals surface area contributed by atoms with Crippen molar-refractivity contribution in [1.29, 1.82) is 0 Å². The maximum absolute atomic E-state index is 10.9. The zero-order valence-corrected chi connectivity index (χ0v) is 15.6. The van der Waals surface area contributed by atoms with E-state index in [1.165, 1.54) is 24.8 Å². The lowest BCUT2D eigenvalue weighted by molar-refractivity contribution is -0.0967. The summed E-state index contributed by atoms with van der Waals surface area (Å²) in [5, 5.41) is 15.2. The molecule has 1 aliphatic carbocycles. The van der Waals surface area contributed by atoms with E-state index in [0.717, 1.165) is 43.8 Å². The molecule has 1 saturated carbocycles. The number of nitrogens with zero attached hydrogens (tertiary/aromatic N) is 3. The van der Waals surface area contributed by atoms with E-state index in [-0.39, 0.29) is 0 Å². The summed E-state index contributed by atoms with van der Waals surface area (Å²) in [6, 6.07) is 8.40. The highest BCUT2D eigenvalue weighted by molar-refractivity contribution is 5.37. The minimum atomic E-state index is -0.403. The topological polar surface area (TPSA) is 50.5 Å². The zero-order valence-electron chi connectivity index (χ0n) is 15.6. The maximum atomic E-state index is 10.9. The monoisotopic (exact) mass is 355 g/mol. The van der Waals surface area contributed by atoms with Gasteiger partial charge in [0.25, 0.3) is 0 Å². The SMILES string of the molecule is COc1ccc(CN2CC[C@@]3(O)CCCC[C@H]3C2)cc1Cn1cccn1. The fourth-order valence-corrected chi connectivity index (χ4v) is 4.66. The van der Waals surface area contributed by atoms with Crippen LogP contribution >= 0.6 is 0 Å². The van der Waals surface area contributed by atoms with Gasteiger partial charge in [0.15, 0.2) is 0 Å². The summed E-state index contributed by atoms with van der Waals surface area (Å²) < 4.78 is 7.46. The fraction of sp³-hybridized carbons (Fsp3) is 0.571. The van der Waals surface area contributed by atoms with Crippen LogP contribution in [0.4, 0.5) is 0 Å². The minimum absolute atomic E-state index is 0.403. The fourth-order valence-electron chi connectivity index (χ4n) is 4.66. The molecule has 0 amide bonds. The van der Waals surface area contributed by atoms with Gasteiger partial charge in [-0.2, -0.15) is 5.10 Å². The molecule has 5 heteroatoms. The van der Waals surface area contributed by atoms with Gasteiger partial charge < -0.3 is 9.84 Å². The highest BCUT2D eigenvalue weighted by atomic mass is 16.5. The lowest BCUT2D eigenvalue weighted by atomic mass is 9.71. The predicted molar refractivity (Wildman–Crippen MR) is 101 cm³/mol. The van der Waals surface area contributed by atoms with Crippen molar-refractivity contribution in [3.63, 3.8) is 0 Å². The smallest absolute Gasteiger partial charge is 0.123 e. The largest absolute Gasteiger partial charge is 0.496 e. The molecule has 140 valence electrons. The van der Waals surface area contributed by atoms with Crippen molar-refractivity contribution in [2.24, 2.45) is 5.92 Å². The molecule has 0 bridgehead atoms. The van der Waals surface area contributed by atoms with Crippen molar-refractivity contribution in [2.45, 2.75) is 50.8 Å². The Labute approximate surface area is 155 Å². The third-order valence-corrected chi connectivity index (χ3v) is 6.15. The number of hydrogen-bond donors (Lipinski definition) is 1. The molecule has 1 aliphatic heterocycles. The van der Waals surface area contributed by atoms with Crippen LogP contribution in [0.3, 0.4) is 0 Å². The molecule has 5 nitrogen and oxygen atoms in total. The first-order valence-electron chi connectivity index (χ1n) is 9.74. The van der Waals surface area contributed by atoms with Crippen molar-refractivity contribution in [3.8, 4) is 5.75 Å². The number of fused-ring (bicyclic) bond motifs is 1. The van der Waals surface area contributed by atoms with Crippen LogP contribution in [-0.2, 0) is 13.1 Å². The molecule has 2 aliphatic rings. The van der Waals surface area contributed by atoms with Gasteiger partial charge in [-0.25, -0.2) is 0 Å². The second-order valence-electron chi connectivity index (χ2n) is 7.88. The molecule has 1 aromatic carbocycles. The Balaban J connectivity index is 1.46. The molecule has 2 aromatic rings. The summed E-state index contributed by atoms with van der Waals surface area (Å²) in [5.74, 6) is 1.34. The summed E-state index contributed by atoms with van der Waals surface area (Å²) in [6.07, 6.45) is 9.28. The Hall–Kier alpha value is -1.85. The van der Waals surface area contributed by atoms with Crippen molar-refractivity contribution in [1.82, 2.24) is 14.7 Å². The van der Waals surface area contributed by atoms with E-state index >= 15 is 0 Å². The van der Waals surface area contributed by atoms with Gasteiger partial charge in [0.05, 0.1) is 19.3 Å². The van der Waals surface area contributed by atoms with Gasteiger partial charge in [0, 0.05) is 43.5 Å². The van der Waals surface area contributed by atoms with Crippen molar-refractivity contribution in [3.05, 3.63) is 47.8 Å². The second kappa shape index (κ2) is 7.41. The Kier molecular flexibility index (Phi) is 5.00. The van der Waals surface area contributed by atoms with Crippen LogP contribution in [0, 0.1) is 5.92 Å². The van der Waals surface area contributed by atoms with Crippen LogP contribution in [0.1, 0.15) is 43.2 Å². The number of hydrogen-bond acceptors (Lipinski definition) is 4. The molecule has 1 aromatic heterocycles. The molecule has 0 spiro atoms. The van der Waals surface area contributed by atoms with Crippen LogP contribution < -0.4 is 4.74 Å². The number of aliphatic hydroxyl groups is 1. The molecule has 2 fully saturated rings. The van der Waals surface area contributed by atoms with E-state index in [0.29, 0.717) is 12.5 Å². The maximum Gasteiger partial charge on any atom is 0.123 e. The third-order valence-electron chi connectivity index (χ3n) is 6.15. The average Bonchev–Trinajstić information content (AvgIpc) is 3.15. The van der Waals surface area contributed by atoms with E-state index in [2.05, 4.69) is 28.2 Å². The van der Waals surface area contributed by atoms with Crippen molar-refractivity contribution >= 4 is 0 Å². The number of piperidine rings is 1. The van der Waals surface area contributed by atoms with Crippen molar-refractivity contribution in [2.75, 3.05) is 20.2 Å². The molecule has 1 N–H and O–H groups in total. The Morgan fingerprint density at radius 3 is 3.00 bits per heavy atom. The average molecular weight is 355 g/mol. The summed E-state index contributed by atoms with van der Waals surface area (Å²) in [5.41, 5.74) is 2.05. The lowest BCUT2D eigenvalue weighted by Crippen LogP contribution is -2.52. The summed E-state index contributed by atoms with van der Waals surface area (Å²) in [6.45, 7) is 3.64. The van der Waals surface area contributed by atoms with Gasteiger partial charge in [-0.15, -0.1) is 0 Å². The van der Waals surface area contributed by atoms with Gasteiger partial charge >= 0.3 is 0 Å². The summed E-state index contributed by atoms with van der Waals surface area (Å²) in [4.78, 5) is 2.50. The molecular weight excluding hydrogens is 326 g/mol. The first-order chi connectivity index (χ1) is 12.7. The lowest BCUT2D eigenvalue weighted by Gasteiger charge is -2.47. The van der Waals surface area contributed by atoms with E-state index in [1.54, 1.807) is 13.3 Å². The van der Waals surface area contributed by atoms with Crippen LogP contribution in [0.2, 0.25) is 0 Å². The summed E-state index contributed by atoms with van der Waals surface area (Å²) in [7, 11) is 1.72. The highest BCUT2D eigenvalue weighted by Crippen LogP contribution is 2.40.